The van der Waals surface area contributed by atoms with Gasteiger partial charge in [0.25, 0.3) is 0 Å². The van der Waals surface area contributed by atoms with Gasteiger partial charge in [-0.2, -0.15) is 12.6 Å². The van der Waals surface area contributed by atoms with Gasteiger partial charge in [-0.05, 0) is 24.3 Å². The summed E-state index contributed by atoms with van der Waals surface area (Å²) in [5.74, 6) is 0.373. The van der Waals surface area contributed by atoms with E-state index >= 15 is 0 Å². The normalized spacial score (nSPS) is 11.2. The first-order valence-corrected chi connectivity index (χ1v) is 5.24. The summed E-state index contributed by atoms with van der Waals surface area (Å²) in [6.07, 6.45) is -4.05. The minimum atomic E-state index is -4.71. The van der Waals surface area contributed by atoms with E-state index in [9.17, 15) is 13.2 Å². The Morgan fingerprint density at radius 3 is 2.31 bits per heavy atom. The van der Waals surface area contributed by atoms with Crippen molar-refractivity contribution >= 4 is 12.6 Å². The van der Waals surface area contributed by atoms with E-state index < -0.39 is 6.36 Å². The van der Waals surface area contributed by atoms with Crippen LogP contribution in [0.4, 0.5) is 13.2 Å². The third kappa shape index (κ3) is 4.65. The van der Waals surface area contributed by atoms with Gasteiger partial charge in [0.05, 0.1) is 6.61 Å². The van der Waals surface area contributed by atoms with Gasteiger partial charge < -0.3 is 9.47 Å². The number of rotatable bonds is 5. The molecule has 0 aliphatic heterocycles. The highest BCUT2D eigenvalue weighted by atomic mass is 32.1. The topological polar surface area (TPSA) is 18.5 Å². The summed E-state index contributed by atoms with van der Waals surface area (Å²) in [4.78, 5) is 0. The molecule has 0 N–H and O–H groups in total. The van der Waals surface area contributed by atoms with Gasteiger partial charge >= 0.3 is 6.36 Å². The van der Waals surface area contributed by atoms with E-state index in [-0.39, 0.29) is 11.5 Å². The first kappa shape index (κ1) is 13.0. The van der Waals surface area contributed by atoms with Gasteiger partial charge in [0.2, 0.25) is 0 Å². The fourth-order valence-corrected chi connectivity index (χ4v) is 1.15. The number of hydrogen-bond acceptors (Lipinski definition) is 3. The third-order valence-corrected chi connectivity index (χ3v) is 1.95. The average Bonchev–Trinajstić information content (AvgIpc) is 2.19. The lowest BCUT2D eigenvalue weighted by atomic mass is 10.3. The van der Waals surface area contributed by atoms with Crippen LogP contribution in [0.5, 0.6) is 11.5 Å². The van der Waals surface area contributed by atoms with Crippen LogP contribution in [0, 0.1) is 0 Å². The highest BCUT2D eigenvalue weighted by molar-refractivity contribution is 7.80. The molecule has 1 aromatic rings. The third-order valence-electron chi connectivity index (χ3n) is 1.63. The van der Waals surface area contributed by atoms with Gasteiger partial charge in [0.1, 0.15) is 0 Å². The summed E-state index contributed by atoms with van der Waals surface area (Å²) in [5, 5.41) is 0. The number of alkyl halides is 3. The molecule has 0 saturated heterocycles. The zero-order valence-corrected chi connectivity index (χ0v) is 9.22. The molecule has 16 heavy (non-hydrogen) atoms. The molecule has 0 heterocycles. The van der Waals surface area contributed by atoms with Crippen molar-refractivity contribution in [2.75, 3.05) is 12.4 Å². The van der Waals surface area contributed by atoms with Crippen molar-refractivity contribution in [1.29, 1.82) is 0 Å². The van der Waals surface area contributed by atoms with Crippen LogP contribution in [0.15, 0.2) is 24.3 Å². The predicted molar refractivity (Wildman–Crippen MR) is 57.1 cm³/mol. The maximum absolute atomic E-state index is 12.0. The van der Waals surface area contributed by atoms with Crippen molar-refractivity contribution < 1.29 is 22.6 Å². The molecule has 1 aromatic carbocycles. The molecule has 0 atom stereocenters. The molecule has 1 rings (SSSR count). The maximum atomic E-state index is 12.0. The second kappa shape index (κ2) is 5.89. The molecule has 0 fully saturated rings. The number of hydrogen-bond donors (Lipinski definition) is 1. The van der Waals surface area contributed by atoms with Gasteiger partial charge in [-0.3, -0.25) is 0 Å². The molecule has 0 radical (unpaired) electrons. The fraction of sp³-hybridized carbons (Fsp3) is 0.400. The number of benzene rings is 1. The molecule has 2 nitrogen and oxygen atoms in total. The molecule has 0 amide bonds. The van der Waals surface area contributed by atoms with Crippen molar-refractivity contribution in [1.82, 2.24) is 0 Å². The Morgan fingerprint density at radius 2 is 1.75 bits per heavy atom. The van der Waals surface area contributed by atoms with E-state index in [4.69, 9.17) is 4.74 Å². The molecule has 90 valence electrons. The SMILES string of the molecule is FC(F)(F)Oc1ccccc1OCCCS. The standard InChI is InChI=1S/C10H11F3O2S/c11-10(12,13)15-9-5-2-1-4-8(9)14-6-3-7-16/h1-2,4-5,16H,3,6-7H2. The Hall–Kier alpha value is -1.04. The number of thiol groups is 1. The van der Waals surface area contributed by atoms with Crippen molar-refractivity contribution in [2.24, 2.45) is 0 Å². The van der Waals surface area contributed by atoms with Crippen molar-refractivity contribution in [3.05, 3.63) is 24.3 Å². The highest BCUT2D eigenvalue weighted by Crippen LogP contribution is 2.31. The van der Waals surface area contributed by atoms with E-state index in [0.29, 0.717) is 18.8 Å². The molecule has 6 heteroatoms. The second-order valence-corrected chi connectivity index (χ2v) is 3.37. The largest absolute Gasteiger partial charge is 0.573 e. The zero-order valence-electron chi connectivity index (χ0n) is 8.33. The molecular formula is C10H11F3O2S. The summed E-state index contributed by atoms with van der Waals surface area (Å²) in [6, 6.07) is 5.68. The van der Waals surface area contributed by atoms with Crippen LogP contribution >= 0.6 is 12.6 Å². The van der Waals surface area contributed by atoms with E-state index in [1.165, 1.54) is 18.2 Å². The van der Waals surface area contributed by atoms with Crippen LogP contribution < -0.4 is 9.47 Å². The van der Waals surface area contributed by atoms with Crippen LogP contribution in [0.25, 0.3) is 0 Å². The maximum Gasteiger partial charge on any atom is 0.573 e. The summed E-state index contributed by atoms with van der Waals surface area (Å²) in [6.45, 7) is 0.307. The Kier molecular flexibility index (Phi) is 4.79. The summed E-state index contributed by atoms with van der Waals surface area (Å²) >= 11 is 3.97. The zero-order chi connectivity index (χ0) is 12.0. The van der Waals surface area contributed by atoms with E-state index in [0.717, 1.165) is 0 Å². The van der Waals surface area contributed by atoms with E-state index in [1.54, 1.807) is 6.07 Å². The number of ether oxygens (including phenoxy) is 2. The van der Waals surface area contributed by atoms with Crippen LogP contribution in [-0.4, -0.2) is 18.7 Å². The Balaban J connectivity index is 2.68. The summed E-state index contributed by atoms with van der Waals surface area (Å²) in [5.41, 5.74) is 0. The summed E-state index contributed by atoms with van der Waals surface area (Å²) < 4.78 is 45.0. The molecule has 0 aliphatic rings. The Bertz CT molecular complexity index is 328. The Labute approximate surface area is 96.8 Å². The molecular weight excluding hydrogens is 241 g/mol. The molecule has 0 saturated carbocycles. The van der Waals surface area contributed by atoms with Crippen LogP contribution in [0.1, 0.15) is 6.42 Å². The predicted octanol–water partition coefficient (Wildman–Crippen LogP) is 3.28. The molecule has 0 aromatic heterocycles. The highest BCUT2D eigenvalue weighted by Gasteiger charge is 2.32. The van der Waals surface area contributed by atoms with E-state index in [2.05, 4.69) is 17.4 Å². The van der Waals surface area contributed by atoms with Gasteiger partial charge in [-0.25, -0.2) is 0 Å². The molecule has 0 aliphatic carbocycles. The van der Waals surface area contributed by atoms with Crippen LogP contribution in [0.3, 0.4) is 0 Å². The fourth-order valence-electron chi connectivity index (χ4n) is 1.03. The van der Waals surface area contributed by atoms with Gasteiger partial charge in [0, 0.05) is 0 Å². The lowest BCUT2D eigenvalue weighted by molar-refractivity contribution is -0.275. The first-order chi connectivity index (χ1) is 7.53. The lowest BCUT2D eigenvalue weighted by Crippen LogP contribution is -2.17. The second-order valence-electron chi connectivity index (χ2n) is 2.92. The lowest BCUT2D eigenvalue weighted by Gasteiger charge is -2.13. The Morgan fingerprint density at radius 1 is 1.12 bits per heavy atom. The van der Waals surface area contributed by atoms with Gasteiger partial charge in [-0.1, -0.05) is 12.1 Å². The van der Waals surface area contributed by atoms with Crippen molar-refractivity contribution in [3.63, 3.8) is 0 Å². The van der Waals surface area contributed by atoms with Gasteiger partial charge in [0.15, 0.2) is 11.5 Å². The van der Waals surface area contributed by atoms with Crippen molar-refractivity contribution in [2.45, 2.75) is 12.8 Å². The van der Waals surface area contributed by atoms with Crippen LogP contribution in [-0.2, 0) is 0 Å². The first-order valence-electron chi connectivity index (χ1n) is 4.61. The molecule has 0 unspecified atom stereocenters. The average molecular weight is 252 g/mol. The smallest absolute Gasteiger partial charge is 0.490 e. The number of halogens is 3. The monoisotopic (exact) mass is 252 g/mol. The minimum absolute atomic E-state index is 0.0848. The number of para-hydroxylation sites is 2. The van der Waals surface area contributed by atoms with E-state index in [1.807, 2.05) is 0 Å². The van der Waals surface area contributed by atoms with Crippen LogP contribution in [0.2, 0.25) is 0 Å². The quantitative estimate of drug-likeness (QED) is 0.640. The van der Waals surface area contributed by atoms with Gasteiger partial charge in [-0.15, -0.1) is 13.2 Å². The summed E-state index contributed by atoms with van der Waals surface area (Å²) in [7, 11) is 0. The minimum Gasteiger partial charge on any atom is -0.490 e. The molecule has 0 spiro atoms. The molecule has 0 bridgehead atoms. The van der Waals surface area contributed by atoms with Crippen molar-refractivity contribution in [3.8, 4) is 11.5 Å².